The van der Waals surface area contributed by atoms with Crippen molar-refractivity contribution in [2.75, 3.05) is 0 Å². The molecule has 0 aliphatic heterocycles. The first-order valence-electron chi connectivity index (χ1n) is 5.40. The Morgan fingerprint density at radius 3 is 2.94 bits per heavy atom. The molecule has 0 saturated heterocycles. The van der Waals surface area contributed by atoms with Crippen LogP contribution < -0.4 is 5.73 Å². The number of nitrogens with two attached hydrogens (primary N) is 1. The molecular weight excluding hydrogens is 200 g/mol. The SMILES string of the molecule is CC(=O)C(N)Cc1c[nH]c2ccc(C)cc12. The van der Waals surface area contributed by atoms with Crippen molar-refractivity contribution >= 4 is 16.7 Å². The second-order valence-electron chi connectivity index (χ2n) is 4.28. The predicted molar refractivity (Wildman–Crippen MR) is 65.4 cm³/mol. The van der Waals surface area contributed by atoms with Crippen LogP contribution in [-0.4, -0.2) is 16.8 Å². The molecule has 0 fully saturated rings. The zero-order valence-corrected chi connectivity index (χ0v) is 9.58. The summed E-state index contributed by atoms with van der Waals surface area (Å²) in [5.74, 6) is 0.0296. The molecule has 1 aromatic heterocycles. The van der Waals surface area contributed by atoms with Crippen LogP contribution in [0.4, 0.5) is 0 Å². The number of nitrogens with one attached hydrogen (secondary N) is 1. The van der Waals surface area contributed by atoms with Crippen LogP contribution in [0.5, 0.6) is 0 Å². The Balaban J connectivity index is 2.37. The number of hydrogen-bond acceptors (Lipinski definition) is 2. The maximum absolute atomic E-state index is 11.1. The molecule has 1 atom stereocenters. The summed E-state index contributed by atoms with van der Waals surface area (Å²) in [6, 6.07) is 5.83. The highest BCUT2D eigenvalue weighted by Crippen LogP contribution is 2.20. The summed E-state index contributed by atoms with van der Waals surface area (Å²) < 4.78 is 0. The van der Waals surface area contributed by atoms with E-state index < -0.39 is 6.04 Å². The Kier molecular flexibility index (Phi) is 2.79. The van der Waals surface area contributed by atoms with Crippen LogP contribution in [0.25, 0.3) is 10.9 Å². The van der Waals surface area contributed by atoms with E-state index in [9.17, 15) is 4.79 Å². The Bertz CT molecular complexity index is 528. The number of hydrogen-bond donors (Lipinski definition) is 2. The topological polar surface area (TPSA) is 58.9 Å². The molecule has 0 saturated carbocycles. The van der Waals surface area contributed by atoms with Crippen molar-refractivity contribution in [3.63, 3.8) is 0 Å². The van der Waals surface area contributed by atoms with E-state index in [1.54, 1.807) is 0 Å². The molecule has 1 aromatic carbocycles. The van der Waals surface area contributed by atoms with Crippen molar-refractivity contribution < 1.29 is 4.79 Å². The minimum absolute atomic E-state index is 0.0296. The summed E-state index contributed by atoms with van der Waals surface area (Å²) >= 11 is 0. The molecule has 0 radical (unpaired) electrons. The molecule has 1 unspecified atom stereocenters. The second kappa shape index (κ2) is 4.10. The van der Waals surface area contributed by atoms with E-state index in [4.69, 9.17) is 5.73 Å². The van der Waals surface area contributed by atoms with E-state index in [2.05, 4.69) is 24.0 Å². The highest BCUT2D eigenvalue weighted by atomic mass is 16.1. The molecule has 84 valence electrons. The predicted octanol–water partition coefficient (Wildman–Crippen LogP) is 1.94. The van der Waals surface area contributed by atoms with Gasteiger partial charge in [0, 0.05) is 17.1 Å². The number of aromatic nitrogens is 1. The van der Waals surface area contributed by atoms with Crippen LogP contribution >= 0.6 is 0 Å². The fraction of sp³-hybridized carbons (Fsp3) is 0.308. The van der Waals surface area contributed by atoms with E-state index in [0.29, 0.717) is 6.42 Å². The van der Waals surface area contributed by atoms with Crippen LogP contribution in [0.1, 0.15) is 18.1 Å². The van der Waals surface area contributed by atoms with Gasteiger partial charge in [0.05, 0.1) is 6.04 Å². The first kappa shape index (κ1) is 10.9. The van der Waals surface area contributed by atoms with E-state index in [1.807, 2.05) is 12.3 Å². The van der Waals surface area contributed by atoms with E-state index in [1.165, 1.54) is 12.5 Å². The normalized spacial score (nSPS) is 12.9. The largest absolute Gasteiger partial charge is 0.361 e. The third-order valence-electron chi connectivity index (χ3n) is 2.88. The molecule has 2 aromatic rings. The number of H-pyrrole nitrogens is 1. The van der Waals surface area contributed by atoms with Gasteiger partial charge >= 0.3 is 0 Å². The Hall–Kier alpha value is -1.61. The number of benzene rings is 1. The maximum Gasteiger partial charge on any atom is 0.146 e. The van der Waals surface area contributed by atoms with Gasteiger partial charge in [0.2, 0.25) is 0 Å². The molecular formula is C13H16N2O. The number of ketones is 1. The Morgan fingerprint density at radius 1 is 1.50 bits per heavy atom. The van der Waals surface area contributed by atoms with Crippen LogP contribution in [0.2, 0.25) is 0 Å². The first-order chi connectivity index (χ1) is 7.58. The zero-order chi connectivity index (χ0) is 11.7. The molecule has 1 heterocycles. The lowest BCUT2D eigenvalue weighted by Crippen LogP contribution is -2.30. The van der Waals surface area contributed by atoms with Gasteiger partial charge < -0.3 is 10.7 Å². The summed E-state index contributed by atoms with van der Waals surface area (Å²) in [5.41, 5.74) is 9.19. The van der Waals surface area contributed by atoms with Gasteiger partial charge in [0.1, 0.15) is 5.78 Å². The van der Waals surface area contributed by atoms with Crippen LogP contribution in [0.3, 0.4) is 0 Å². The Morgan fingerprint density at radius 2 is 2.25 bits per heavy atom. The lowest BCUT2D eigenvalue weighted by atomic mass is 10.0. The van der Waals surface area contributed by atoms with Crippen LogP contribution in [0, 0.1) is 6.92 Å². The van der Waals surface area contributed by atoms with Gasteiger partial charge in [-0.2, -0.15) is 0 Å². The van der Waals surface area contributed by atoms with Gasteiger partial charge in [-0.3, -0.25) is 4.79 Å². The lowest BCUT2D eigenvalue weighted by molar-refractivity contribution is -0.118. The molecule has 3 nitrogen and oxygen atoms in total. The average molecular weight is 216 g/mol. The fourth-order valence-electron chi connectivity index (χ4n) is 1.84. The summed E-state index contributed by atoms with van der Waals surface area (Å²) in [6.45, 7) is 3.59. The third kappa shape index (κ3) is 1.99. The van der Waals surface area contributed by atoms with Crippen molar-refractivity contribution in [3.8, 4) is 0 Å². The third-order valence-corrected chi connectivity index (χ3v) is 2.88. The average Bonchev–Trinajstić information content (AvgIpc) is 2.61. The van der Waals surface area contributed by atoms with Crippen molar-refractivity contribution in [2.24, 2.45) is 5.73 Å². The molecule has 0 spiro atoms. The van der Waals surface area contributed by atoms with Crippen molar-refractivity contribution in [2.45, 2.75) is 26.3 Å². The first-order valence-corrected chi connectivity index (χ1v) is 5.40. The fourth-order valence-corrected chi connectivity index (χ4v) is 1.84. The summed E-state index contributed by atoms with van der Waals surface area (Å²) in [7, 11) is 0. The van der Waals surface area contributed by atoms with Crippen molar-refractivity contribution in [3.05, 3.63) is 35.5 Å². The molecule has 0 aliphatic carbocycles. The van der Waals surface area contributed by atoms with Gasteiger partial charge in [-0.1, -0.05) is 11.6 Å². The monoisotopic (exact) mass is 216 g/mol. The zero-order valence-electron chi connectivity index (χ0n) is 9.58. The quantitative estimate of drug-likeness (QED) is 0.823. The molecule has 0 aliphatic rings. The number of fused-ring (bicyclic) bond motifs is 1. The summed E-state index contributed by atoms with van der Waals surface area (Å²) in [5, 5.41) is 1.16. The second-order valence-corrected chi connectivity index (χ2v) is 4.28. The lowest BCUT2D eigenvalue weighted by Gasteiger charge is -2.06. The minimum Gasteiger partial charge on any atom is -0.361 e. The molecule has 2 rings (SSSR count). The van der Waals surface area contributed by atoms with Gasteiger partial charge in [-0.05, 0) is 38.0 Å². The highest BCUT2D eigenvalue weighted by molar-refractivity contribution is 5.86. The van der Waals surface area contributed by atoms with Gasteiger partial charge in [-0.25, -0.2) is 0 Å². The summed E-state index contributed by atoms with van der Waals surface area (Å²) in [6.07, 6.45) is 2.53. The van der Waals surface area contributed by atoms with Crippen molar-refractivity contribution in [1.82, 2.24) is 4.98 Å². The molecule has 3 N–H and O–H groups in total. The standard InChI is InChI=1S/C13H16N2O/c1-8-3-4-13-11(5-8)10(7-15-13)6-12(14)9(2)16/h3-5,7,12,15H,6,14H2,1-2H3. The number of Topliss-reactive ketones (excluding diaryl/α,β-unsaturated/α-hetero) is 1. The number of carbonyl (C=O) groups is 1. The van der Waals surface area contributed by atoms with Gasteiger partial charge in [0.25, 0.3) is 0 Å². The van der Waals surface area contributed by atoms with Crippen molar-refractivity contribution in [1.29, 1.82) is 0 Å². The summed E-state index contributed by atoms with van der Waals surface area (Å²) in [4.78, 5) is 14.3. The molecule has 0 amide bonds. The highest BCUT2D eigenvalue weighted by Gasteiger charge is 2.12. The molecule has 3 heteroatoms. The van der Waals surface area contributed by atoms with E-state index in [0.717, 1.165) is 16.5 Å². The van der Waals surface area contributed by atoms with E-state index in [-0.39, 0.29) is 5.78 Å². The van der Waals surface area contributed by atoms with E-state index >= 15 is 0 Å². The Labute approximate surface area is 94.6 Å². The number of carbonyl (C=O) groups excluding carboxylic acids is 1. The van der Waals surface area contributed by atoms with Crippen LogP contribution in [-0.2, 0) is 11.2 Å². The van der Waals surface area contributed by atoms with Gasteiger partial charge in [0.15, 0.2) is 0 Å². The number of rotatable bonds is 3. The number of aromatic amines is 1. The maximum atomic E-state index is 11.1. The smallest absolute Gasteiger partial charge is 0.146 e. The number of aryl methyl sites for hydroxylation is 1. The molecule has 16 heavy (non-hydrogen) atoms. The van der Waals surface area contributed by atoms with Gasteiger partial charge in [-0.15, -0.1) is 0 Å². The van der Waals surface area contributed by atoms with Crippen LogP contribution in [0.15, 0.2) is 24.4 Å². The minimum atomic E-state index is -0.403. The molecule has 0 bridgehead atoms.